The molecule has 3 rings (SSSR count). The lowest BCUT2D eigenvalue weighted by Gasteiger charge is -2.29. The summed E-state index contributed by atoms with van der Waals surface area (Å²) >= 11 is 0. The van der Waals surface area contributed by atoms with Gasteiger partial charge in [0.05, 0.1) is 0 Å². The van der Waals surface area contributed by atoms with Crippen molar-refractivity contribution in [3.8, 4) is 0 Å². The van der Waals surface area contributed by atoms with Crippen molar-refractivity contribution in [1.82, 2.24) is 9.29 Å². The van der Waals surface area contributed by atoms with Crippen LogP contribution < -0.4 is 4.81 Å². The Morgan fingerprint density at radius 2 is 1.90 bits per heavy atom. The molecule has 0 atom stereocenters. The first-order valence-electron chi connectivity index (χ1n) is 7.36. The van der Waals surface area contributed by atoms with Crippen molar-refractivity contribution in [1.29, 1.82) is 5.41 Å². The number of fused-ring (bicyclic) bond motifs is 2. The van der Waals surface area contributed by atoms with Crippen LogP contribution in [0.15, 0.2) is 16.8 Å². The first-order chi connectivity index (χ1) is 9.51. The van der Waals surface area contributed by atoms with Crippen molar-refractivity contribution in [2.45, 2.75) is 47.5 Å². The largest absolute Gasteiger partial charge is 0.509 e. The van der Waals surface area contributed by atoms with Crippen LogP contribution in [0.3, 0.4) is 0 Å². The van der Waals surface area contributed by atoms with E-state index in [1.807, 2.05) is 4.81 Å². The van der Waals surface area contributed by atoms with E-state index < -0.39 is 0 Å². The lowest BCUT2D eigenvalue weighted by molar-refractivity contribution is 0.910. The second-order valence-corrected chi connectivity index (χ2v) is 5.62. The molecule has 1 aromatic rings. The average molecular weight is 266 g/mol. The van der Waals surface area contributed by atoms with Crippen LogP contribution >= 0.6 is 0 Å². The monoisotopic (exact) mass is 266 g/mol. The number of nitrogens with zero attached hydrogens (tertiary/aromatic N) is 2. The molecule has 0 aliphatic carbocycles. The van der Waals surface area contributed by atoms with Gasteiger partial charge in [0.25, 0.3) is 0 Å². The van der Waals surface area contributed by atoms with Gasteiger partial charge in [0.2, 0.25) is 5.84 Å². The molecule has 0 unspecified atom stereocenters. The van der Waals surface area contributed by atoms with Gasteiger partial charge in [-0.3, -0.25) is 5.41 Å². The number of hydrogen-bond donors (Lipinski definition) is 1. The van der Waals surface area contributed by atoms with Crippen molar-refractivity contribution in [3.63, 3.8) is 0 Å². The van der Waals surface area contributed by atoms with Crippen LogP contribution in [-0.2, 0) is 6.42 Å². The highest BCUT2D eigenvalue weighted by Gasteiger charge is 2.36. The van der Waals surface area contributed by atoms with Gasteiger partial charge in [-0.2, -0.15) is 0 Å². The molecule has 0 fully saturated rings. The Kier molecular flexibility index (Phi) is 3.01. The molecule has 1 N–H and O–H groups in total. The van der Waals surface area contributed by atoms with Crippen LogP contribution in [0.25, 0.3) is 6.08 Å². The van der Waals surface area contributed by atoms with E-state index in [1.54, 1.807) is 0 Å². The van der Waals surface area contributed by atoms with Crippen molar-refractivity contribution < 1.29 is 0 Å². The molecule has 3 nitrogen and oxygen atoms in total. The van der Waals surface area contributed by atoms with Crippen molar-refractivity contribution in [2.24, 2.45) is 0 Å². The van der Waals surface area contributed by atoms with Crippen LogP contribution in [-0.4, -0.2) is 17.9 Å². The Bertz CT molecular complexity index is 676. The molecule has 103 valence electrons. The Labute approximate surface area is 121 Å². The van der Waals surface area contributed by atoms with Gasteiger partial charge in [-0.15, -0.1) is 0 Å². The van der Waals surface area contributed by atoms with Gasteiger partial charge in [0.1, 0.15) is 5.70 Å². The molecular formula is C16H21BN3. The van der Waals surface area contributed by atoms with Crippen LogP contribution in [0.5, 0.6) is 0 Å². The van der Waals surface area contributed by atoms with Crippen LogP contribution in [0.1, 0.15) is 49.7 Å². The number of allylic oxidation sites excluding steroid dienone is 1. The Morgan fingerprint density at radius 1 is 1.20 bits per heavy atom. The maximum atomic E-state index is 8.31. The lowest BCUT2D eigenvalue weighted by atomic mass is 9.98. The molecule has 0 amide bonds. The van der Waals surface area contributed by atoms with Crippen molar-refractivity contribution in [2.75, 3.05) is 0 Å². The number of aromatic nitrogens is 1. The zero-order valence-corrected chi connectivity index (χ0v) is 13.0. The normalized spacial score (nSPS) is 18.4. The summed E-state index contributed by atoms with van der Waals surface area (Å²) < 4.78 is 2.23. The molecular weight excluding hydrogens is 245 g/mol. The third kappa shape index (κ3) is 1.54. The third-order valence-electron chi connectivity index (χ3n) is 4.72. The van der Waals surface area contributed by atoms with Gasteiger partial charge >= 0.3 is 0 Å². The maximum Gasteiger partial charge on any atom is 0.222 e. The third-order valence-corrected chi connectivity index (χ3v) is 4.72. The molecule has 3 radical (unpaired) electrons. The second kappa shape index (κ2) is 4.49. The van der Waals surface area contributed by atoms with Gasteiger partial charge in [0.15, 0.2) is 7.55 Å². The van der Waals surface area contributed by atoms with Crippen molar-refractivity contribution in [3.05, 3.63) is 39.4 Å². The van der Waals surface area contributed by atoms with Crippen LogP contribution in [0, 0.1) is 19.3 Å². The van der Waals surface area contributed by atoms with Crippen LogP contribution in [0.4, 0.5) is 0 Å². The molecule has 3 heterocycles. The minimum Gasteiger partial charge on any atom is -0.509 e. The summed E-state index contributed by atoms with van der Waals surface area (Å²) in [6, 6.07) is 0. The molecule has 2 aliphatic rings. The van der Waals surface area contributed by atoms with Gasteiger partial charge in [-0.1, -0.05) is 13.8 Å². The van der Waals surface area contributed by atoms with E-state index >= 15 is 0 Å². The Balaban J connectivity index is 2.21. The second-order valence-electron chi connectivity index (χ2n) is 5.62. The van der Waals surface area contributed by atoms with Gasteiger partial charge < -0.3 is 9.29 Å². The highest BCUT2D eigenvalue weighted by Crippen LogP contribution is 2.35. The number of nitrogens with one attached hydrogen (secondary N) is 1. The SMILES string of the molecule is CCC1=C(C)C(=N)[N+]2[B-]n3c(C)c(CC)c(C)c3C=C12. The fraction of sp³-hybridized carbons (Fsp3) is 0.438. The lowest BCUT2D eigenvalue weighted by Crippen LogP contribution is -2.42. The predicted molar refractivity (Wildman–Crippen MR) is 85.3 cm³/mol. The number of rotatable bonds is 2. The summed E-state index contributed by atoms with van der Waals surface area (Å²) in [4.78, 5) is 2.02. The van der Waals surface area contributed by atoms with E-state index in [4.69, 9.17) is 5.41 Å². The van der Waals surface area contributed by atoms with Gasteiger partial charge in [-0.05, 0) is 50.4 Å². The molecule has 4 heteroatoms. The zero-order valence-electron chi connectivity index (χ0n) is 13.0. The molecule has 1 aromatic heterocycles. The molecule has 0 aromatic carbocycles. The smallest absolute Gasteiger partial charge is 0.222 e. The van der Waals surface area contributed by atoms with E-state index in [9.17, 15) is 0 Å². The summed E-state index contributed by atoms with van der Waals surface area (Å²) in [6.07, 6.45) is 4.29. The van der Waals surface area contributed by atoms with Gasteiger partial charge in [0, 0.05) is 22.9 Å². The molecule has 0 spiro atoms. The van der Waals surface area contributed by atoms with E-state index in [0.29, 0.717) is 5.84 Å². The van der Waals surface area contributed by atoms with E-state index in [0.717, 1.165) is 18.4 Å². The predicted octanol–water partition coefficient (Wildman–Crippen LogP) is 3.26. The highest BCUT2D eigenvalue weighted by molar-refractivity contribution is 6.43. The summed E-state index contributed by atoms with van der Waals surface area (Å²) in [5.41, 5.74) is 8.97. The Morgan fingerprint density at radius 3 is 2.50 bits per heavy atom. The molecule has 0 bridgehead atoms. The van der Waals surface area contributed by atoms with E-state index in [-0.39, 0.29) is 0 Å². The molecule has 0 saturated carbocycles. The van der Waals surface area contributed by atoms with Crippen LogP contribution in [0.2, 0.25) is 0 Å². The fourth-order valence-electron chi connectivity index (χ4n) is 3.53. The Hall–Kier alpha value is -1.55. The quantitative estimate of drug-likeness (QED) is 0.797. The minimum absolute atomic E-state index is 0.613. The summed E-state index contributed by atoms with van der Waals surface area (Å²) in [5, 5.41) is 8.31. The van der Waals surface area contributed by atoms with Gasteiger partial charge in [-0.25, -0.2) is 0 Å². The van der Waals surface area contributed by atoms with Crippen molar-refractivity contribution >= 4 is 19.5 Å². The highest BCUT2D eigenvalue weighted by atomic mass is 15.2. The fourth-order valence-corrected chi connectivity index (χ4v) is 3.53. The first-order valence-corrected chi connectivity index (χ1v) is 7.36. The standard InChI is InChI=1S/C16H21BN3/c1-6-12-9(3)14-8-15-13(7-2)10(4)16(18)20(15)17-19(14)11(12)5/h8,18H,6-7H2,1-5H3. The summed E-state index contributed by atoms with van der Waals surface area (Å²) in [6.45, 7) is 10.8. The number of amidine groups is 1. The summed E-state index contributed by atoms with van der Waals surface area (Å²) in [5.74, 6) is 0.613. The minimum atomic E-state index is 0.613. The zero-order chi connectivity index (χ0) is 14.6. The first kappa shape index (κ1) is 13.4. The topological polar surface area (TPSA) is 34.7 Å². The maximum absolute atomic E-state index is 8.31. The molecule has 20 heavy (non-hydrogen) atoms. The molecule has 0 saturated heterocycles. The average Bonchev–Trinajstić information content (AvgIpc) is 2.82. The number of hydrogen-bond acceptors (Lipinski definition) is 1. The van der Waals surface area contributed by atoms with E-state index in [1.165, 1.54) is 33.8 Å². The molecule has 2 aliphatic heterocycles. The summed E-state index contributed by atoms with van der Waals surface area (Å²) in [7, 11) is 2.08. The van der Waals surface area contributed by atoms with E-state index in [2.05, 4.69) is 52.7 Å².